The molecule has 1 N–H and O–H groups in total. The zero-order chi connectivity index (χ0) is 17.2. The van der Waals surface area contributed by atoms with Gasteiger partial charge in [-0.25, -0.2) is 4.39 Å². The van der Waals surface area contributed by atoms with Gasteiger partial charge in [0.05, 0.1) is 6.04 Å². The topological polar surface area (TPSA) is 32.3 Å². The van der Waals surface area contributed by atoms with E-state index in [1.54, 1.807) is 12.1 Å². The van der Waals surface area contributed by atoms with Crippen LogP contribution in [-0.4, -0.2) is 30.4 Å². The van der Waals surface area contributed by atoms with Crippen LogP contribution in [0.25, 0.3) is 0 Å². The van der Waals surface area contributed by atoms with Crippen LogP contribution in [0.3, 0.4) is 0 Å². The second-order valence-electron chi connectivity index (χ2n) is 7.11. The molecule has 0 aliphatic carbocycles. The number of aryl methyl sites for hydroxylation is 1. The van der Waals surface area contributed by atoms with E-state index in [0.717, 1.165) is 25.2 Å². The largest absolute Gasteiger partial charge is 0.335 e. The van der Waals surface area contributed by atoms with Crippen LogP contribution >= 0.6 is 0 Å². The number of hydrogen-bond donors (Lipinski definition) is 1. The summed E-state index contributed by atoms with van der Waals surface area (Å²) in [7, 11) is 0. The van der Waals surface area contributed by atoms with E-state index in [9.17, 15) is 9.18 Å². The van der Waals surface area contributed by atoms with Crippen molar-refractivity contribution in [3.8, 4) is 0 Å². The van der Waals surface area contributed by atoms with Gasteiger partial charge in [-0.3, -0.25) is 4.79 Å². The minimum absolute atomic E-state index is 0.168. The number of nitrogens with one attached hydrogen (secondary N) is 1. The molecule has 0 saturated carbocycles. The molecule has 0 radical (unpaired) electrons. The third-order valence-corrected chi connectivity index (χ3v) is 5.57. The fourth-order valence-corrected chi connectivity index (χ4v) is 4.30. The van der Waals surface area contributed by atoms with Crippen LogP contribution in [-0.2, 0) is 11.2 Å². The molecular formula is C21H23FN2O. The third kappa shape index (κ3) is 3.31. The van der Waals surface area contributed by atoms with Gasteiger partial charge in [0.2, 0.25) is 5.91 Å². The second-order valence-corrected chi connectivity index (χ2v) is 7.11. The van der Waals surface area contributed by atoms with Crippen LogP contribution in [0.4, 0.5) is 4.39 Å². The van der Waals surface area contributed by atoms with Crippen LogP contribution in [0.5, 0.6) is 0 Å². The van der Waals surface area contributed by atoms with Crippen molar-refractivity contribution in [2.24, 2.45) is 11.8 Å². The van der Waals surface area contributed by atoms with E-state index in [-0.39, 0.29) is 17.8 Å². The van der Waals surface area contributed by atoms with E-state index in [1.807, 2.05) is 18.2 Å². The molecule has 25 heavy (non-hydrogen) atoms. The zero-order valence-corrected chi connectivity index (χ0v) is 14.2. The molecule has 2 saturated heterocycles. The maximum absolute atomic E-state index is 13.0. The van der Waals surface area contributed by atoms with Gasteiger partial charge in [-0.05, 0) is 35.6 Å². The molecule has 2 fully saturated rings. The van der Waals surface area contributed by atoms with Crippen LogP contribution in [0, 0.1) is 17.7 Å². The summed E-state index contributed by atoms with van der Waals surface area (Å²) in [6.07, 6.45) is 1.13. The summed E-state index contributed by atoms with van der Waals surface area (Å²) in [5, 5.41) is 3.47. The van der Waals surface area contributed by atoms with Crippen LogP contribution < -0.4 is 5.32 Å². The highest BCUT2D eigenvalue weighted by molar-refractivity contribution is 5.77. The van der Waals surface area contributed by atoms with Crippen molar-refractivity contribution in [2.45, 2.75) is 18.9 Å². The van der Waals surface area contributed by atoms with Gasteiger partial charge in [0.25, 0.3) is 0 Å². The molecule has 0 bridgehead atoms. The number of carbonyl (C=O) groups excluding carboxylic acids is 1. The molecule has 0 spiro atoms. The van der Waals surface area contributed by atoms with Gasteiger partial charge >= 0.3 is 0 Å². The van der Waals surface area contributed by atoms with E-state index in [1.165, 1.54) is 17.7 Å². The summed E-state index contributed by atoms with van der Waals surface area (Å²) in [6, 6.07) is 17.0. The minimum atomic E-state index is -0.237. The summed E-state index contributed by atoms with van der Waals surface area (Å²) in [5.41, 5.74) is 2.24. The Morgan fingerprint density at radius 2 is 1.84 bits per heavy atom. The lowest BCUT2D eigenvalue weighted by Crippen LogP contribution is -2.34. The normalized spacial score (nSPS) is 25.2. The first-order chi connectivity index (χ1) is 12.2. The molecule has 2 aliphatic rings. The molecule has 2 aromatic carbocycles. The van der Waals surface area contributed by atoms with Crippen molar-refractivity contribution in [2.75, 3.05) is 19.6 Å². The Labute approximate surface area is 147 Å². The highest BCUT2D eigenvalue weighted by Crippen LogP contribution is 2.42. The van der Waals surface area contributed by atoms with Gasteiger partial charge in [-0.2, -0.15) is 0 Å². The monoisotopic (exact) mass is 338 g/mol. The highest BCUT2D eigenvalue weighted by Gasteiger charge is 2.46. The number of nitrogens with zero attached hydrogens (tertiary/aromatic N) is 1. The van der Waals surface area contributed by atoms with E-state index >= 15 is 0 Å². The first-order valence-electron chi connectivity index (χ1n) is 9.02. The maximum atomic E-state index is 13.0. The number of likely N-dealkylation sites (tertiary alicyclic amines) is 1. The van der Waals surface area contributed by atoms with E-state index in [4.69, 9.17) is 0 Å². The Balaban J connectivity index is 1.49. The molecule has 130 valence electrons. The first kappa shape index (κ1) is 16.3. The molecule has 3 atom stereocenters. The van der Waals surface area contributed by atoms with Gasteiger partial charge in [0.15, 0.2) is 0 Å². The summed E-state index contributed by atoms with van der Waals surface area (Å²) < 4.78 is 13.0. The van der Waals surface area contributed by atoms with Gasteiger partial charge < -0.3 is 10.2 Å². The van der Waals surface area contributed by atoms with Crippen molar-refractivity contribution in [3.05, 3.63) is 71.5 Å². The van der Waals surface area contributed by atoms with Crippen molar-refractivity contribution >= 4 is 5.91 Å². The van der Waals surface area contributed by atoms with Crippen LogP contribution in [0.1, 0.15) is 23.6 Å². The van der Waals surface area contributed by atoms with Gasteiger partial charge in [0.1, 0.15) is 5.82 Å². The SMILES string of the molecule is O=C(CCc1ccc(F)cc1)N1C[C@@H]2CNC[C@@H]2[C@H]1c1ccccc1. The van der Waals surface area contributed by atoms with Crippen LogP contribution in [0.2, 0.25) is 0 Å². The predicted molar refractivity (Wildman–Crippen MR) is 95.5 cm³/mol. The van der Waals surface area contributed by atoms with Crippen LogP contribution in [0.15, 0.2) is 54.6 Å². The molecule has 4 rings (SSSR count). The highest BCUT2D eigenvalue weighted by atomic mass is 19.1. The lowest BCUT2D eigenvalue weighted by atomic mass is 9.89. The number of amides is 1. The number of hydrogen-bond acceptors (Lipinski definition) is 2. The molecule has 4 heteroatoms. The summed E-state index contributed by atoms with van der Waals surface area (Å²) in [5.74, 6) is 1.00. The van der Waals surface area contributed by atoms with Crippen molar-refractivity contribution in [1.29, 1.82) is 0 Å². The number of rotatable bonds is 4. The lowest BCUT2D eigenvalue weighted by molar-refractivity contribution is -0.132. The average Bonchev–Trinajstić information content (AvgIpc) is 3.22. The second kappa shape index (κ2) is 6.96. The van der Waals surface area contributed by atoms with Gasteiger partial charge in [-0.15, -0.1) is 0 Å². The predicted octanol–water partition coefficient (Wildman–Crippen LogP) is 3.18. The molecule has 2 aromatic rings. The summed E-state index contributed by atoms with van der Waals surface area (Å²) >= 11 is 0. The van der Waals surface area contributed by atoms with Crippen molar-refractivity contribution < 1.29 is 9.18 Å². The molecule has 0 aromatic heterocycles. The Morgan fingerprint density at radius 1 is 1.08 bits per heavy atom. The Kier molecular flexibility index (Phi) is 4.53. The minimum Gasteiger partial charge on any atom is -0.335 e. The van der Waals surface area contributed by atoms with Gasteiger partial charge in [0, 0.05) is 32.0 Å². The molecule has 1 amide bonds. The Morgan fingerprint density at radius 3 is 2.60 bits per heavy atom. The fraction of sp³-hybridized carbons (Fsp3) is 0.381. The van der Waals surface area contributed by atoms with Crippen molar-refractivity contribution in [3.63, 3.8) is 0 Å². The first-order valence-corrected chi connectivity index (χ1v) is 9.02. The molecule has 2 heterocycles. The molecular weight excluding hydrogens is 315 g/mol. The fourth-order valence-electron chi connectivity index (χ4n) is 4.30. The quantitative estimate of drug-likeness (QED) is 0.929. The van der Waals surface area contributed by atoms with E-state index in [0.29, 0.717) is 24.7 Å². The smallest absolute Gasteiger partial charge is 0.223 e. The third-order valence-electron chi connectivity index (χ3n) is 5.57. The molecule has 3 nitrogen and oxygen atoms in total. The number of benzene rings is 2. The number of halogens is 1. The van der Waals surface area contributed by atoms with E-state index < -0.39 is 0 Å². The van der Waals surface area contributed by atoms with Crippen molar-refractivity contribution in [1.82, 2.24) is 10.2 Å². The van der Waals surface area contributed by atoms with E-state index in [2.05, 4.69) is 22.3 Å². The molecule has 2 aliphatic heterocycles. The maximum Gasteiger partial charge on any atom is 0.223 e. The van der Waals surface area contributed by atoms with Gasteiger partial charge in [-0.1, -0.05) is 42.5 Å². The number of fused-ring (bicyclic) bond motifs is 1. The zero-order valence-electron chi connectivity index (χ0n) is 14.2. The summed E-state index contributed by atoms with van der Waals surface area (Å²) in [6.45, 7) is 2.81. The Bertz CT molecular complexity index is 731. The standard InChI is InChI=1S/C21H23FN2O/c22-18-9-6-15(7-10-18)8-11-20(25)24-14-17-12-23-13-19(17)21(24)16-4-2-1-3-5-16/h1-7,9-10,17,19,21,23H,8,11-14H2/t17-,19-,21+/m0/s1. The summed E-state index contributed by atoms with van der Waals surface area (Å²) in [4.78, 5) is 15.0. The number of carbonyl (C=O) groups is 1. The Hall–Kier alpha value is -2.20. The molecule has 0 unspecified atom stereocenters. The lowest BCUT2D eigenvalue weighted by Gasteiger charge is -2.28. The average molecular weight is 338 g/mol.